The number of nitrogens with zero attached hydrogens (tertiary/aromatic N) is 3. The Labute approximate surface area is 106 Å². The third-order valence-corrected chi connectivity index (χ3v) is 5.86. The van der Waals surface area contributed by atoms with Gasteiger partial charge in [0.1, 0.15) is 5.15 Å². The van der Waals surface area contributed by atoms with Gasteiger partial charge in [0.05, 0.1) is 9.73 Å². The SMILES string of the molecule is N#CN=S1(=O)CCC[C@H]1Cc1ccc(Cl)nc1. The summed E-state index contributed by atoms with van der Waals surface area (Å²) in [5.74, 6) is 0.534. The fourth-order valence-electron chi connectivity index (χ4n) is 2.08. The van der Waals surface area contributed by atoms with Crippen LogP contribution in [0.3, 0.4) is 0 Å². The molecule has 1 aliphatic rings. The lowest BCUT2D eigenvalue weighted by Gasteiger charge is -2.11. The molecule has 17 heavy (non-hydrogen) atoms. The summed E-state index contributed by atoms with van der Waals surface area (Å²) in [6.07, 6.45) is 5.75. The van der Waals surface area contributed by atoms with Gasteiger partial charge in [0.15, 0.2) is 0 Å². The van der Waals surface area contributed by atoms with E-state index in [0.29, 0.717) is 17.3 Å². The summed E-state index contributed by atoms with van der Waals surface area (Å²) < 4.78 is 16.0. The molecule has 1 fully saturated rings. The van der Waals surface area contributed by atoms with Crippen LogP contribution in [0.2, 0.25) is 5.15 Å². The lowest BCUT2D eigenvalue weighted by Crippen LogP contribution is -2.18. The van der Waals surface area contributed by atoms with E-state index in [1.807, 2.05) is 6.07 Å². The van der Waals surface area contributed by atoms with E-state index in [9.17, 15) is 4.21 Å². The minimum Gasteiger partial charge on any atom is -0.248 e. The molecule has 4 nitrogen and oxygen atoms in total. The molecule has 0 radical (unpaired) electrons. The standard InChI is InChI=1S/C11H12ClN3OS/c12-11-4-3-9(7-14-11)6-10-2-1-5-17(10,16)15-8-13/h3-4,7,10H,1-2,5-6H2/t10-,17?/m0/s1. The maximum absolute atomic E-state index is 12.4. The molecule has 1 aromatic rings. The average molecular weight is 270 g/mol. The Morgan fingerprint density at radius 1 is 1.65 bits per heavy atom. The predicted octanol–water partition coefficient (Wildman–Crippen LogP) is 2.39. The zero-order valence-electron chi connectivity index (χ0n) is 9.17. The van der Waals surface area contributed by atoms with E-state index in [-0.39, 0.29) is 5.25 Å². The highest BCUT2D eigenvalue weighted by atomic mass is 35.5. The molecule has 0 aliphatic carbocycles. The van der Waals surface area contributed by atoms with Gasteiger partial charge in [0.2, 0.25) is 6.19 Å². The van der Waals surface area contributed by atoms with Crippen LogP contribution in [0, 0.1) is 11.5 Å². The first-order valence-electron chi connectivity index (χ1n) is 5.36. The van der Waals surface area contributed by atoms with Gasteiger partial charge < -0.3 is 0 Å². The van der Waals surface area contributed by atoms with E-state index < -0.39 is 9.73 Å². The van der Waals surface area contributed by atoms with Crippen molar-refractivity contribution in [2.45, 2.75) is 24.5 Å². The molecule has 2 heterocycles. The summed E-state index contributed by atoms with van der Waals surface area (Å²) >= 11 is 5.70. The molecule has 1 saturated heterocycles. The van der Waals surface area contributed by atoms with Gasteiger partial charge in [0, 0.05) is 17.2 Å². The lowest BCUT2D eigenvalue weighted by atomic mass is 10.1. The maximum Gasteiger partial charge on any atom is 0.214 e. The monoisotopic (exact) mass is 269 g/mol. The number of aromatic nitrogens is 1. The van der Waals surface area contributed by atoms with Crippen molar-refractivity contribution in [3.05, 3.63) is 29.0 Å². The number of halogens is 1. The van der Waals surface area contributed by atoms with Crippen LogP contribution in [0.1, 0.15) is 18.4 Å². The molecule has 1 aromatic heterocycles. The predicted molar refractivity (Wildman–Crippen MR) is 67.0 cm³/mol. The van der Waals surface area contributed by atoms with Crippen molar-refractivity contribution in [1.29, 1.82) is 5.26 Å². The Hall–Kier alpha value is -1.12. The Kier molecular flexibility index (Phi) is 3.65. The van der Waals surface area contributed by atoms with Crippen molar-refractivity contribution in [3.63, 3.8) is 0 Å². The normalized spacial score (nSPS) is 27.6. The first-order valence-corrected chi connectivity index (χ1v) is 7.49. The summed E-state index contributed by atoms with van der Waals surface area (Å²) in [4.78, 5) is 3.99. The highest BCUT2D eigenvalue weighted by Crippen LogP contribution is 2.25. The van der Waals surface area contributed by atoms with Gasteiger partial charge >= 0.3 is 0 Å². The van der Waals surface area contributed by atoms with Gasteiger partial charge in [-0.25, -0.2) is 9.19 Å². The summed E-state index contributed by atoms with van der Waals surface area (Å²) in [5.41, 5.74) is 0.988. The van der Waals surface area contributed by atoms with E-state index in [4.69, 9.17) is 16.9 Å². The first-order chi connectivity index (χ1) is 8.14. The molecule has 0 amide bonds. The van der Waals surface area contributed by atoms with Crippen LogP contribution in [0.15, 0.2) is 22.7 Å². The molecule has 90 valence electrons. The van der Waals surface area contributed by atoms with Crippen LogP contribution in [-0.4, -0.2) is 20.2 Å². The summed E-state index contributed by atoms with van der Waals surface area (Å²) in [6, 6.07) is 3.59. The van der Waals surface area contributed by atoms with Crippen molar-refractivity contribution in [2.24, 2.45) is 4.36 Å². The number of hydrogen-bond acceptors (Lipinski definition) is 4. The molecule has 6 heteroatoms. The van der Waals surface area contributed by atoms with Gasteiger partial charge in [-0.2, -0.15) is 5.26 Å². The quantitative estimate of drug-likeness (QED) is 0.612. The number of hydrogen-bond donors (Lipinski definition) is 0. The molecule has 1 aliphatic heterocycles. The maximum atomic E-state index is 12.4. The van der Waals surface area contributed by atoms with Crippen molar-refractivity contribution in [1.82, 2.24) is 4.98 Å². The molecular weight excluding hydrogens is 258 g/mol. The highest BCUT2D eigenvalue weighted by Gasteiger charge is 2.29. The van der Waals surface area contributed by atoms with E-state index in [1.54, 1.807) is 18.5 Å². The molecule has 0 aromatic carbocycles. The second-order valence-corrected chi connectivity index (χ2v) is 7.07. The van der Waals surface area contributed by atoms with Crippen LogP contribution in [-0.2, 0) is 16.1 Å². The second kappa shape index (κ2) is 5.03. The minimum atomic E-state index is -2.35. The van der Waals surface area contributed by atoms with E-state index >= 15 is 0 Å². The zero-order chi connectivity index (χ0) is 12.3. The van der Waals surface area contributed by atoms with Crippen molar-refractivity contribution >= 4 is 21.3 Å². The lowest BCUT2D eigenvalue weighted by molar-refractivity contribution is 0.667. The van der Waals surface area contributed by atoms with E-state index in [1.165, 1.54) is 0 Å². The molecular formula is C11H12ClN3OS. The van der Waals surface area contributed by atoms with Gasteiger partial charge in [-0.15, -0.1) is 4.36 Å². The van der Waals surface area contributed by atoms with Crippen molar-refractivity contribution in [2.75, 3.05) is 5.75 Å². The molecule has 2 atom stereocenters. The smallest absolute Gasteiger partial charge is 0.214 e. The zero-order valence-corrected chi connectivity index (χ0v) is 10.7. The topological polar surface area (TPSA) is 66.1 Å². The van der Waals surface area contributed by atoms with Crippen molar-refractivity contribution < 1.29 is 4.21 Å². The molecule has 0 saturated carbocycles. The highest BCUT2D eigenvalue weighted by molar-refractivity contribution is 7.94. The second-order valence-electron chi connectivity index (χ2n) is 4.04. The Morgan fingerprint density at radius 2 is 2.47 bits per heavy atom. The minimum absolute atomic E-state index is 0.0369. The van der Waals surface area contributed by atoms with Gasteiger partial charge in [-0.05, 0) is 30.9 Å². The fourth-order valence-corrected chi connectivity index (χ4v) is 4.47. The Balaban J connectivity index is 2.20. The Morgan fingerprint density at radius 3 is 3.12 bits per heavy atom. The first kappa shape index (κ1) is 12.3. The number of pyridine rings is 1. The molecule has 2 rings (SSSR count). The fraction of sp³-hybridized carbons (Fsp3) is 0.455. The largest absolute Gasteiger partial charge is 0.248 e. The average Bonchev–Trinajstić information content (AvgIpc) is 2.64. The molecule has 1 unspecified atom stereocenters. The van der Waals surface area contributed by atoms with Crippen LogP contribution >= 0.6 is 11.6 Å². The van der Waals surface area contributed by atoms with Crippen LogP contribution < -0.4 is 0 Å². The van der Waals surface area contributed by atoms with Crippen LogP contribution in [0.5, 0.6) is 0 Å². The molecule has 0 bridgehead atoms. The number of rotatable bonds is 2. The summed E-state index contributed by atoms with van der Waals surface area (Å²) in [5, 5.41) is 9.00. The van der Waals surface area contributed by atoms with E-state index in [2.05, 4.69) is 9.35 Å². The molecule has 0 spiro atoms. The molecule has 0 N–H and O–H groups in total. The van der Waals surface area contributed by atoms with Crippen LogP contribution in [0.25, 0.3) is 0 Å². The van der Waals surface area contributed by atoms with Crippen LogP contribution in [0.4, 0.5) is 0 Å². The summed E-state index contributed by atoms with van der Waals surface area (Å²) in [7, 11) is -2.35. The summed E-state index contributed by atoms with van der Waals surface area (Å²) in [6.45, 7) is 0. The Bertz CT molecular complexity index is 555. The third-order valence-electron chi connectivity index (χ3n) is 2.93. The van der Waals surface area contributed by atoms with Gasteiger partial charge in [-0.3, -0.25) is 0 Å². The van der Waals surface area contributed by atoms with Gasteiger partial charge in [-0.1, -0.05) is 17.7 Å². The number of nitriles is 1. The van der Waals surface area contributed by atoms with E-state index in [0.717, 1.165) is 18.4 Å². The van der Waals surface area contributed by atoms with Gasteiger partial charge in [0.25, 0.3) is 0 Å². The van der Waals surface area contributed by atoms with Crippen molar-refractivity contribution in [3.8, 4) is 6.19 Å². The third kappa shape index (κ3) is 2.76.